The van der Waals surface area contributed by atoms with Gasteiger partial charge in [0.25, 0.3) is 0 Å². The molecule has 3 aromatic rings. The number of rotatable bonds is 5. The predicted molar refractivity (Wildman–Crippen MR) is 97.1 cm³/mol. The van der Waals surface area contributed by atoms with E-state index < -0.39 is 6.10 Å². The Balaban J connectivity index is 1.54. The first-order valence-corrected chi connectivity index (χ1v) is 8.55. The number of benzene rings is 2. The first-order valence-electron chi connectivity index (χ1n) is 7.74. The second-order valence-corrected chi connectivity index (χ2v) is 6.63. The van der Waals surface area contributed by atoms with Gasteiger partial charge in [-0.2, -0.15) is 0 Å². The Morgan fingerprint density at radius 2 is 1.76 bits per heavy atom. The number of thiophene rings is 1. The fourth-order valence-electron chi connectivity index (χ4n) is 2.31. The predicted octanol–water partition coefficient (Wildman–Crippen LogP) is 4.29. The van der Waals surface area contributed by atoms with Crippen molar-refractivity contribution in [1.29, 1.82) is 0 Å². The lowest BCUT2D eigenvalue weighted by Gasteiger charge is -2.08. The number of carbonyl (C=O) groups is 1. The van der Waals surface area contributed by atoms with Gasteiger partial charge in [0.15, 0.2) is 0 Å². The van der Waals surface area contributed by atoms with Crippen molar-refractivity contribution in [2.24, 2.45) is 0 Å². The molecule has 0 spiro atoms. The summed E-state index contributed by atoms with van der Waals surface area (Å²) >= 11 is 1.44. The zero-order valence-electron chi connectivity index (χ0n) is 13.3. The van der Waals surface area contributed by atoms with Crippen LogP contribution in [0, 0.1) is 5.82 Å². The van der Waals surface area contributed by atoms with Crippen molar-refractivity contribution >= 4 is 23.1 Å². The van der Waals surface area contributed by atoms with E-state index in [1.165, 1.54) is 35.6 Å². The highest BCUT2D eigenvalue weighted by molar-refractivity contribution is 7.12. The highest BCUT2D eigenvalue weighted by atomic mass is 32.1. The molecule has 0 saturated heterocycles. The minimum Gasteiger partial charge on any atom is -0.383 e. The van der Waals surface area contributed by atoms with Crippen LogP contribution in [0.15, 0.2) is 66.7 Å². The van der Waals surface area contributed by atoms with Crippen LogP contribution in [0.5, 0.6) is 0 Å². The van der Waals surface area contributed by atoms with Gasteiger partial charge in [-0.1, -0.05) is 30.3 Å². The summed E-state index contributed by atoms with van der Waals surface area (Å²) in [6, 6.07) is 18.3. The Labute approximate surface area is 149 Å². The molecule has 0 aliphatic heterocycles. The first-order chi connectivity index (χ1) is 12.1. The van der Waals surface area contributed by atoms with Gasteiger partial charge in [-0.3, -0.25) is 0 Å². The molecule has 0 aliphatic rings. The zero-order chi connectivity index (χ0) is 17.6. The van der Waals surface area contributed by atoms with E-state index in [2.05, 4.69) is 10.6 Å². The van der Waals surface area contributed by atoms with E-state index in [4.69, 9.17) is 0 Å². The summed E-state index contributed by atoms with van der Waals surface area (Å²) in [4.78, 5) is 13.6. The fourth-order valence-corrected chi connectivity index (χ4v) is 3.28. The van der Waals surface area contributed by atoms with Gasteiger partial charge >= 0.3 is 6.03 Å². The number of anilines is 1. The second kappa shape index (κ2) is 7.92. The van der Waals surface area contributed by atoms with Crippen LogP contribution in [0.2, 0.25) is 0 Å². The lowest BCUT2D eigenvalue weighted by molar-refractivity contribution is 0.224. The molecule has 0 radical (unpaired) electrons. The normalized spacial score (nSPS) is 11.8. The molecular weight excluding hydrogens is 339 g/mol. The average molecular weight is 356 g/mol. The molecule has 1 unspecified atom stereocenters. The summed E-state index contributed by atoms with van der Waals surface area (Å²) < 4.78 is 12.8. The summed E-state index contributed by atoms with van der Waals surface area (Å²) in [5, 5.41) is 15.8. The van der Waals surface area contributed by atoms with Crippen molar-refractivity contribution in [3.05, 3.63) is 87.9 Å². The van der Waals surface area contributed by atoms with Crippen LogP contribution in [-0.4, -0.2) is 11.1 Å². The van der Waals surface area contributed by atoms with E-state index in [1.54, 1.807) is 0 Å². The smallest absolute Gasteiger partial charge is 0.319 e. The third-order valence-electron chi connectivity index (χ3n) is 3.59. The molecule has 1 atom stereocenters. The minimum absolute atomic E-state index is 0.346. The van der Waals surface area contributed by atoms with E-state index in [0.717, 1.165) is 15.3 Å². The van der Waals surface area contributed by atoms with Gasteiger partial charge in [-0.15, -0.1) is 11.3 Å². The van der Waals surface area contributed by atoms with Crippen molar-refractivity contribution in [3.8, 4) is 0 Å². The third-order valence-corrected chi connectivity index (χ3v) is 4.73. The van der Waals surface area contributed by atoms with Crippen molar-refractivity contribution in [3.63, 3.8) is 0 Å². The molecule has 2 aromatic carbocycles. The van der Waals surface area contributed by atoms with E-state index in [0.29, 0.717) is 12.2 Å². The highest BCUT2D eigenvalue weighted by Crippen LogP contribution is 2.28. The molecule has 3 N–H and O–H groups in total. The molecule has 0 saturated carbocycles. The number of aliphatic hydroxyl groups is 1. The second-order valence-electron chi connectivity index (χ2n) is 5.43. The van der Waals surface area contributed by atoms with E-state index in [1.807, 2.05) is 42.5 Å². The number of halogens is 1. The zero-order valence-corrected chi connectivity index (χ0v) is 14.1. The molecule has 4 nitrogen and oxygen atoms in total. The van der Waals surface area contributed by atoms with Crippen LogP contribution >= 0.6 is 11.3 Å². The van der Waals surface area contributed by atoms with Gasteiger partial charge in [0.05, 0.1) is 6.54 Å². The Kier molecular flexibility index (Phi) is 5.42. The minimum atomic E-state index is -0.673. The van der Waals surface area contributed by atoms with E-state index in [9.17, 15) is 14.3 Å². The van der Waals surface area contributed by atoms with E-state index >= 15 is 0 Å². The molecule has 1 heterocycles. The van der Waals surface area contributed by atoms with Crippen LogP contribution < -0.4 is 10.6 Å². The summed E-state index contributed by atoms with van der Waals surface area (Å²) in [5.74, 6) is -0.353. The largest absolute Gasteiger partial charge is 0.383 e. The van der Waals surface area contributed by atoms with Gasteiger partial charge in [0.2, 0.25) is 0 Å². The van der Waals surface area contributed by atoms with Crippen LogP contribution in [0.25, 0.3) is 0 Å². The highest BCUT2D eigenvalue weighted by Gasteiger charge is 2.13. The molecule has 0 bridgehead atoms. The lowest BCUT2D eigenvalue weighted by atomic mass is 10.1. The van der Waals surface area contributed by atoms with Gasteiger partial charge < -0.3 is 15.7 Å². The number of amides is 2. The molecule has 2 amide bonds. The number of carbonyl (C=O) groups excluding carboxylic acids is 1. The fraction of sp³-hybridized carbons (Fsp3) is 0.105. The van der Waals surface area contributed by atoms with Crippen molar-refractivity contribution in [2.45, 2.75) is 12.6 Å². The van der Waals surface area contributed by atoms with Crippen molar-refractivity contribution in [1.82, 2.24) is 5.32 Å². The Hall–Kier alpha value is -2.70. The number of nitrogens with one attached hydrogen (secondary N) is 2. The lowest BCUT2D eigenvalue weighted by Crippen LogP contribution is -2.27. The van der Waals surface area contributed by atoms with Gasteiger partial charge in [-0.25, -0.2) is 9.18 Å². The van der Waals surface area contributed by atoms with Crippen molar-refractivity contribution < 1.29 is 14.3 Å². The molecule has 1 aromatic heterocycles. The summed E-state index contributed by atoms with van der Waals surface area (Å²) in [5.41, 5.74) is 1.35. The van der Waals surface area contributed by atoms with Crippen LogP contribution in [-0.2, 0) is 6.54 Å². The standard InChI is InChI=1S/C19H17FN2O2S/c20-14-6-8-15(9-7-14)22-19(24)21-12-16-10-11-17(25-16)18(23)13-4-2-1-3-5-13/h1-11,18,23H,12H2,(H2,21,22,24). The van der Waals surface area contributed by atoms with Crippen LogP contribution in [0.1, 0.15) is 21.4 Å². The number of urea groups is 1. The Bertz CT molecular complexity index is 834. The van der Waals surface area contributed by atoms with Gasteiger partial charge in [-0.05, 0) is 42.0 Å². The Morgan fingerprint density at radius 1 is 1.04 bits per heavy atom. The van der Waals surface area contributed by atoms with Crippen LogP contribution in [0.3, 0.4) is 0 Å². The summed E-state index contributed by atoms with van der Waals surface area (Å²) in [7, 11) is 0. The Morgan fingerprint density at radius 3 is 2.48 bits per heavy atom. The monoisotopic (exact) mass is 356 g/mol. The number of aliphatic hydroxyl groups excluding tert-OH is 1. The average Bonchev–Trinajstić information content (AvgIpc) is 3.11. The molecule has 6 heteroatoms. The van der Waals surface area contributed by atoms with Gasteiger partial charge in [0.1, 0.15) is 11.9 Å². The van der Waals surface area contributed by atoms with Crippen LogP contribution in [0.4, 0.5) is 14.9 Å². The third kappa shape index (κ3) is 4.65. The van der Waals surface area contributed by atoms with Crippen molar-refractivity contribution in [2.75, 3.05) is 5.32 Å². The molecule has 3 rings (SSSR count). The molecule has 0 aliphatic carbocycles. The SMILES string of the molecule is O=C(NCc1ccc(C(O)c2ccccc2)s1)Nc1ccc(F)cc1. The molecular formula is C19H17FN2O2S. The summed E-state index contributed by atoms with van der Waals surface area (Å²) in [6.45, 7) is 0.346. The first kappa shape index (κ1) is 17.1. The number of hydrogen-bond donors (Lipinski definition) is 3. The maximum atomic E-state index is 12.8. The molecule has 0 fully saturated rings. The molecule has 25 heavy (non-hydrogen) atoms. The van der Waals surface area contributed by atoms with Gasteiger partial charge in [0, 0.05) is 15.4 Å². The number of hydrogen-bond acceptors (Lipinski definition) is 3. The maximum absolute atomic E-state index is 12.8. The molecule has 128 valence electrons. The van der Waals surface area contributed by atoms with E-state index in [-0.39, 0.29) is 11.8 Å². The maximum Gasteiger partial charge on any atom is 0.319 e. The topological polar surface area (TPSA) is 61.4 Å². The quantitative estimate of drug-likeness (QED) is 0.639. The summed E-state index contributed by atoms with van der Waals surface area (Å²) in [6.07, 6.45) is -0.673.